The van der Waals surface area contributed by atoms with Crippen molar-refractivity contribution in [2.75, 3.05) is 19.6 Å². The van der Waals surface area contributed by atoms with Crippen LogP contribution in [0.25, 0.3) is 17.0 Å². The number of rotatable bonds is 4. The molecule has 1 aromatic heterocycles. The number of piperidine rings is 3. The monoisotopic (exact) mass is 407 g/mol. The summed E-state index contributed by atoms with van der Waals surface area (Å²) in [5, 5.41) is 13.8. The van der Waals surface area contributed by atoms with Crippen LogP contribution in [0, 0.1) is 5.92 Å². The van der Waals surface area contributed by atoms with Crippen molar-refractivity contribution in [3.8, 4) is 0 Å². The van der Waals surface area contributed by atoms with Crippen LogP contribution < -0.4 is 5.32 Å². The fourth-order valence-electron chi connectivity index (χ4n) is 4.13. The minimum atomic E-state index is -1.13. The molecule has 142 valence electrons. The van der Waals surface area contributed by atoms with Crippen molar-refractivity contribution in [2.24, 2.45) is 5.92 Å². The number of carboxylic acid groups (broad SMARTS) is 1. The number of fused-ring (bicyclic) bond motifs is 4. The van der Waals surface area contributed by atoms with Gasteiger partial charge in [0.2, 0.25) is 5.91 Å². The van der Waals surface area contributed by atoms with E-state index < -0.39 is 5.97 Å². The molecule has 1 unspecified atom stereocenters. The van der Waals surface area contributed by atoms with Crippen LogP contribution in [0.2, 0.25) is 10.0 Å². The molecule has 5 rings (SSSR count). The Balaban J connectivity index is 1.59. The molecule has 3 N–H and O–H groups in total. The highest BCUT2D eigenvalue weighted by Gasteiger charge is 2.34. The molecule has 1 aromatic carbocycles. The molecule has 3 aliphatic heterocycles. The van der Waals surface area contributed by atoms with Gasteiger partial charge in [0, 0.05) is 40.2 Å². The number of aromatic carboxylic acids is 1. The first-order chi connectivity index (χ1) is 12.9. The predicted octanol–water partition coefficient (Wildman–Crippen LogP) is 3.40. The van der Waals surface area contributed by atoms with Gasteiger partial charge in [-0.15, -0.1) is 0 Å². The fraction of sp³-hybridized carbons (Fsp3) is 0.368. The topological polar surface area (TPSA) is 85.4 Å². The van der Waals surface area contributed by atoms with E-state index in [9.17, 15) is 14.7 Å². The quantitative estimate of drug-likeness (QED) is 0.677. The zero-order chi connectivity index (χ0) is 19.1. The number of halogens is 2. The Morgan fingerprint density at radius 3 is 2.63 bits per heavy atom. The number of hydrogen-bond donors (Lipinski definition) is 3. The van der Waals surface area contributed by atoms with Crippen LogP contribution in [0.1, 0.15) is 28.9 Å². The van der Waals surface area contributed by atoms with Crippen molar-refractivity contribution in [3.63, 3.8) is 0 Å². The SMILES string of the molecule is O=C(/C=C/c1c(C(=O)O)[nH]c2cc(Cl)cc(Cl)c12)NC1CN2CCC1CC2. The second-order valence-corrected chi connectivity index (χ2v) is 7.96. The Kier molecular flexibility index (Phi) is 4.88. The number of amides is 1. The van der Waals surface area contributed by atoms with Gasteiger partial charge in [-0.25, -0.2) is 4.79 Å². The zero-order valence-electron chi connectivity index (χ0n) is 14.5. The van der Waals surface area contributed by atoms with E-state index in [-0.39, 0.29) is 17.6 Å². The first kappa shape index (κ1) is 18.3. The van der Waals surface area contributed by atoms with Crippen molar-refractivity contribution in [3.05, 3.63) is 39.5 Å². The summed E-state index contributed by atoms with van der Waals surface area (Å²) in [6, 6.07) is 3.31. The third-order valence-corrected chi connectivity index (χ3v) is 5.97. The number of hydrogen-bond acceptors (Lipinski definition) is 3. The van der Waals surface area contributed by atoms with Gasteiger partial charge in [-0.2, -0.15) is 0 Å². The summed E-state index contributed by atoms with van der Waals surface area (Å²) < 4.78 is 0. The molecule has 2 aromatic rings. The van der Waals surface area contributed by atoms with E-state index in [2.05, 4.69) is 15.2 Å². The second-order valence-electron chi connectivity index (χ2n) is 7.12. The number of benzene rings is 1. The summed E-state index contributed by atoms with van der Waals surface area (Å²) in [5.41, 5.74) is 0.853. The standard InChI is InChI=1S/C19H19Cl2N3O3/c20-11-7-13(21)17-12(18(19(26)27)23-14(17)8-11)1-2-16(25)22-15-9-24-5-3-10(15)4-6-24/h1-2,7-8,10,15,23H,3-6,9H2,(H,22,25)(H,26,27)/b2-1+. The molecule has 3 fully saturated rings. The number of carbonyl (C=O) groups excluding carboxylic acids is 1. The molecule has 1 amide bonds. The maximum atomic E-state index is 12.4. The number of aromatic nitrogens is 1. The van der Waals surface area contributed by atoms with Crippen molar-refractivity contribution in [2.45, 2.75) is 18.9 Å². The highest BCUT2D eigenvalue weighted by Crippen LogP contribution is 2.33. The van der Waals surface area contributed by atoms with E-state index in [1.54, 1.807) is 12.1 Å². The average Bonchev–Trinajstić information content (AvgIpc) is 3.00. The maximum Gasteiger partial charge on any atom is 0.352 e. The maximum absolute atomic E-state index is 12.4. The van der Waals surface area contributed by atoms with Crippen LogP contribution in [0.15, 0.2) is 18.2 Å². The normalized spacial score (nSPS) is 24.6. The summed E-state index contributed by atoms with van der Waals surface area (Å²) in [4.78, 5) is 29.2. The van der Waals surface area contributed by atoms with Crippen LogP contribution >= 0.6 is 23.2 Å². The van der Waals surface area contributed by atoms with Crippen molar-refractivity contribution in [1.29, 1.82) is 0 Å². The molecule has 6 nitrogen and oxygen atoms in total. The predicted molar refractivity (Wildman–Crippen MR) is 105 cm³/mol. The van der Waals surface area contributed by atoms with Gasteiger partial charge in [-0.3, -0.25) is 4.79 Å². The molecular weight excluding hydrogens is 389 g/mol. The van der Waals surface area contributed by atoms with E-state index in [1.807, 2.05) is 0 Å². The Morgan fingerprint density at radius 1 is 1.26 bits per heavy atom. The minimum absolute atomic E-state index is 0.0268. The number of nitrogens with one attached hydrogen (secondary N) is 2. The first-order valence-corrected chi connectivity index (χ1v) is 9.63. The Hall–Kier alpha value is -2.02. The molecule has 8 heteroatoms. The first-order valence-electron chi connectivity index (χ1n) is 8.87. The third-order valence-electron chi connectivity index (χ3n) is 5.45. The summed E-state index contributed by atoms with van der Waals surface area (Å²) in [7, 11) is 0. The van der Waals surface area contributed by atoms with E-state index in [0.717, 1.165) is 32.5 Å². The number of nitrogens with zero attached hydrogens (tertiary/aromatic N) is 1. The van der Waals surface area contributed by atoms with Gasteiger partial charge in [0.25, 0.3) is 0 Å². The van der Waals surface area contributed by atoms with Crippen LogP contribution in [0.5, 0.6) is 0 Å². The molecular formula is C19H19Cl2N3O3. The van der Waals surface area contributed by atoms with Crippen molar-refractivity contribution < 1.29 is 14.7 Å². The van der Waals surface area contributed by atoms with Gasteiger partial charge in [0.1, 0.15) is 5.69 Å². The molecule has 4 heterocycles. The molecule has 0 aliphatic carbocycles. The van der Waals surface area contributed by atoms with Crippen LogP contribution in [-0.2, 0) is 4.79 Å². The Bertz CT molecular complexity index is 945. The second kappa shape index (κ2) is 7.19. The average molecular weight is 408 g/mol. The molecule has 27 heavy (non-hydrogen) atoms. The third kappa shape index (κ3) is 3.57. The Labute approximate surface area is 166 Å². The summed E-state index contributed by atoms with van der Waals surface area (Å²) >= 11 is 12.3. The number of aromatic amines is 1. The summed E-state index contributed by atoms with van der Waals surface area (Å²) in [6.45, 7) is 3.08. The number of H-pyrrole nitrogens is 1. The van der Waals surface area contributed by atoms with Gasteiger partial charge in [0.15, 0.2) is 0 Å². The largest absolute Gasteiger partial charge is 0.477 e. The lowest BCUT2D eigenvalue weighted by molar-refractivity contribution is -0.118. The van der Waals surface area contributed by atoms with Gasteiger partial charge in [0.05, 0.1) is 5.02 Å². The van der Waals surface area contributed by atoms with E-state index in [4.69, 9.17) is 23.2 Å². The van der Waals surface area contributed by atoms with Crippen LogP contribution in [0.3, 0.4) is 0 Å². The van der Waals surface area contributed by atoms with Gasteiger partial charge < -0.3 is 20.3 Å². The molecule has 0 radical (unpaired) electrons. The zero-order valence-corrected chi connectivity index (χ0v) is 16.0. The molecule has 3 aliphatic rings. The van der Waals surface area contributed by atoms with Gasteiger partial charge >= 0.3 is 5.97 Å². The van der Waals surface area contributed by atoms with Crippen molar-refractivity contribution >= 4 is 52.1 Å². The fourth-order valence-corrected chi connectivity index (χ4v) is 4.72. The van der Waals surface area contributed by atoms with Crippen molar-refractivity contribution in [1.82, 2.24) is 15.2 Å². The van der Waals surface area contributed by atoms with Gasteiger partial charge in [-0.05, 0) is 50.1 Å². The molecule has 0 spiro atoms. The summed E-state index contributed by atoms with van der Waals surface area (Å²) in [6.07, 6.45) is 5.09. The lowest BCUT2D eigenvalue weighted by Gasteiger charge is -2.44. The molecule has 1 atom stereocenters. The highest BCUT2D eigenvalue weighted by atomic mass is 35.5. The molecule has 0 saturated carbocycles. The lowest BCUT2D eigenvalue weighted by atomic mass is 9.84. The van der Waals surface area contributed by atoms with Crippen LogP contribution in [-0.4, -0.2) is 52.5 Å². The van der Waals surface area contributed by atoms with E-state index in [1.165, 1.54) is 12.2 Å². The smallest absolute Gasteiger partial charge is 0.352 e. The number of carboxylic acids is 1. The Morgan fingerprint density at radius 2 is 2.00 bits per heavy atom. The van der Waals surface area contributed by atoms with Crippen LogP contribution in [0.4, 0.5) is 0 Å². The molecule has 2 bridgehead atoms. The van der Waals surface area contributed by atoms with E-state index >= 15 is 0 Å². The van der Waals surface area contributed by atoms with Gasteiger partial charge in [-0.1, -0.05) is 23.2 Å². The highest BCUT2D eigenvalue weighted by molar-refractivity contribution is 6.39. The van der Waals surface area contributed by atoms with E-state index in [0.29, 0.717) is 32.4 Å². The minimum Gasteiger partial charge on any atom is -0.477 e. The lowest BCUT2D eigenvalue weighted by Crippen LogP contribution is -2.57. The number of carbonyl (C=O) groups is 2. The summed E-state index contributed by atoms with van der Waals surface area (Å²) in [5.74, 6) is -0.841. The molecule has 3 saturated heterocycles.